The van der Waals surface area contributed by atoms with E-state index >= 15 is 0 Å². The van der Waals surface area contributed by atoms with E-state index in [2.05, 4.69) is 25.9 Å². The highest BCUT2D eigenvalue weighted by Gasteiger charge is 2.30. The first-order valence-electron chi connectivity index (χ1n) is 10.4. The summed E-state index contributed by atoms with van der Waals surface area (Å²) in [5, 5.41) is 18.9. The van der Waals surface area contributed by atoms with Crippen LogP contribution in [0.2, 0.25) is 0 Å². The van der Waals surface area contributed by atoms with Crippen LogP contribution in [0.4, 0.5) is 4.39 Å². The Bertz CT molecular complexity index is 1310. The topological polar surface area (TPSA) is 85.2 Å². The van der Waals surface area contributed by atoms with E-state index in [0.29, 0.717) is 30.9 Å². The summed E-state index contributed by atoms with van der Waals surface area (Å²) in [5.74, 6) is 1.37. The van der Waals surface area contributed by atoms with Crippen LogP contribution in [-0.2, 0) is 6.54 Å². The number of rotatable bonds is 4. The van der Waals surface area contributed by atoms with E-state index in [0.717, 1.165) is 39.9 Å². The van der Waals surface area contributed by atoms with Crippen LogP contribution in [0.25, 0.3) is 21.9 Å². The minimum Gasteiger partial charge on any atom is -0.323 e. The second kappa shape index (κ2) is 6.59. The van der Waals surface area contributed by atoms with Gasteiger partial charge in [-0.2, -0.15) is 5.26 Å². The van der Waals surface area contributed by atoms with E-state index in [1.54, 1.807) is 12.3 Å². The molecule has 0 spiro atoms. The Balaban J connectivity index is 1.53. The molecule has 2 saturated carbocycles. The molecule has 3 aromatic heterocycles. The maximum Gasteiger partial charge on any atom is 0.132 e. The number of hydrogen-bond acceptors (Lipinski definition) is 5. The Hall–Kier alpha value is -3.34. The third kappa shape index (κ3) is 2.84. The molecule has 0 bridgehead atoms. The van der Waals surface area contributed by atoms with Gasteiger partial charge in [0.1, 0.15) is 24.1 Å². The second-order valence-corrected chi connectivity index (χ2v) is 8.41. The molecule has 2 atom stereocenters. The van der Waals surface area contributed by atoms with Gasteiger partial charge in [-0.25, -0.2) is 14.1 Å². The van der Waals surface area contributed by atoms with Crippen molar-refractivity contribution in [1.82, 2.24) is 29.5 Å². The molecule has 6 rings (SSSR count). The highest BCUT2D eigenvalue weighted by molar-refractivity contribution is 6.02. The summed E-state index contributed by atoms with van der Waals surface area (Å²) >= 11 is 0. The summed E-state index contributed by atoms with van der Waals surface area (Å²) in [6, 6.07) is 7.72. The first-order chi connectivity index (χ1) is 14.7. The fourth-order valence-electron chi connectivity index (χ4n) is 4.64. The van der Waals surface area contributed by atoms with E-state index in [4.69, 9.17) is 4.98 Å². The van der Waals surface area contributed by atoms with Crippen molar-refractivity contribution >= 4 is 21.9 Å². The Labute approximate surface area is 172 Å². The zero-order valence-corrected chi connectivity index (χ0v) is 16.4. The minimum absolute atomic E-state index is 0.0303. The number of benzene rings is 1. The monoisotopic (exact) mass is 401 g/mol. The first-order valence-corrected chi connectivity index (χ1v) is 10.4. The molecule has 30 heavy (non-hydrogen) atoms. The van der Waals surface area contributed by atoms with Gasteiger partial charge in [0.25, 0.3) is 0 Å². The fraction of sp³-hybridized carbons (Fsp3) is 0.409. The summed E-state index contributed by atoms with van der Waals surface area (Å²) in [4.78, 5) is 9.39. The van der Waals surface area contributed by atoms with Gasteiger partial charge in [0.2, 0.25) is 0 Å². The van der Waals surface area contributed by atoms with Gasteiger partial charge < -0.3 is 4.57 Å². The largest absolute Gasteiger partial charge is 0.323 e. The third-order valence-electron chi connectivity index (χ3n) is 6.28. The van der Waals surface area contributed by atoms with Crippen LogP contribution in [0.5, 0.6) is 0 Å². The Morgan fingerprint density at radius 3 is 2.83 bits per heavy atom. The van der Waals surface area contributed by atoms with Crippen LogP contribution < -0.4 is 0 Å². The number of imidazole rings is 1. The van der Waals surface area contributed by atoms with Crippen molar-refractivity contribution in [2.45, 2.75) is 56.8 Å². The zero-order chi connectivity index (χ0) is 20.2. The van der Waals surface area contributed by atoms with Gasteiger partial charge in [-0.15, -0.1) is 5.10 Å². The molecule has 0 N–H and O–H groups in total. The van der Waals surface area contributed by atoms with E-state index in [1.807, 2.05) is 23.0 Å². The van der Waals surface area contributed by atoms with Gasteiger partial charge in [0, 0.05) is 23.5 Å². The third-order valence-corrected chi connectivity index (χ3v) is 6.28. The molecule has 3 heterocycles. The Morgan fingerprint density at radius 2 is 2.07 bits per heavy atom. The Kier molecular flexibility index (Phi) is 3.85. The molecule has 0 radical (unpaired) electrons. The lowest BCUT2D eigenvalue weighted by Crippen LogP contribution is -2.14. The summed E-state index contributed by atoms with van der Waals surface area (Å²) in [7, 11) is 0. The maximum atomic E-state index is 14.1. The number of halogens is 1. The van der Waals surface area contributed by atoms with Crippen molar-refractivity contribution in [1.29, 1.82) is 5.26 Å². The molecular weight excluding hydrogens is 381 g/mol. The molecule has 2 fully saturated rings. The molecule has 0 aliphatic heterocycles. The van der Waals surface area contributed by atoms with Crippen LogP contribution in [0, 0.1) is 11.3 Å². The van der Waals surface area contributed by atoms with E-state index in [1.165, 1.54) is 12.8 Å². The summed E-state index contributed by atoms with van der Waals surface area (Å²) in [6.07, 6.45) is 7.13. The summed E-state index contributed by atoms with van der Waals surface area (Å²) in [6.45, 7) is 0.473. The minimum atomic E-state index is -0.795. The van der Waals surface area contributed by atoms with E-state index in [-0.39, 0.29) is 6.04 Å². The highest BCUT2D eigenvalue weighted by atomic mass is 19.1. The van der Waals surface area contributed by atoms with Crippen LogP contribution >= 0.6 is 0 Å². The summed E-state index contributed by atoms with van der Waals surface area (Å²) < 4.78 is 18.1. The number of aromatic nitrogens is 6. The zero-order valence-electron chi connectivity index (χ0n) is 16.4. The maximum absolute atomic E-state index is 14.1. The molecule has 2 aliphatic rings. The van der Waals surface area contributed by atoms with Gasteiger partial charge in [-0.1, -0.05) is 5.21 Å². The lowest BCUT2D eigenvalue weighted by Gasteiger charge is -2.17. The number of alkyl halides is 1. The molecule has 7 nitrogen and oxygen atoms in total. The van der Waals surface area contributed by atoms with E-state index < -0.39 is 6.17 Å². The van der Waals surface area contributed by atoms with Crippen molar-refractivity contribution in [3.05, 3.63) is 47.7 Å². The van der Waals surface area contributed by atoms with Gasteiger partial charge in [-0.05, 0) is 50.3 Å². The molecule has 150 valence electrons. The fourth-order valence-corrected chi connectivity index (χ4v) is 4.64. The van der Waals surface area contributed by atoms with Crippen molar-refractivity contribution in [2.24, 2.45) is 0 Å². The molecular formula is C22H20FN7. The molecule has 0 saturated heterocycles. The first kappa shape index (κ1) is 17.5. The normalized spacial score (nSPS) is 21.5. The number of pyridine rings is 1. The Morgan fingerprint density at radius 1 is 1.17 bits per heavy atom. The number of fused-ring (bicyclic) bond motifs is 3. The van der Waals surface area contributed by atoms with Crippen molar-refractivity contribution in [2.75, 3.05) is 0 Å². The number of nitriles is 1. The average molecular weight is 401 g/mol. The van der Waals surface area contributed by atoms with Gasteiger partial charge >= 0.3 is 0 Å². The van der Waals surface area contributed by atoms with Gasteiger partial charge in [-0.3, -0.25) is 4.98 Å². The van der Waals surface area contributed by atoms with Crippen molar-refractivity contribution < 1.29 is 4.39 Å². The number of nitrogens with zero attached hydrogens (tertiary/aromatic N) is 7. The van der Waals surface area contributed by atoms with Gasteiger partial charge in [0.05, 0.1) is 34.6 Å². The quantitative estimate of drug-likeness (QED) is 0.515. The predicted molar refractivity (Wildman–Crippen MR) is 109 cm³/mol. The van der Waals surface area contributed by atoms with Crippen LogP contribution in [0.15, 0.2) is 30.6 Å². The van der Waals surface area contributed by atoms with Crippen LogP contribution in [0.3, 0.4) is 0 Å². The van der Waals surface area contributed by atoms with Crippen molar-refractivity contribution in [3.63, 3.8) is 0 Å². The average Bonchev–Trinajstić information content (AvgIpc) is 3.17. The van der Waals surface area contributed by atoms with Crippen LogP contribution in [-0.4, -0.2) is 35.7 Å². The number of hydrogen-bond donors (Lipinski definition) is 0. The van der Waals surface area contributed by atoms with Crippen LogP contribution in [0.1, 0.15) is 61.1 Å². The predicted octanol–water partition coefficient (Wildman–Crippen LogP) is 4.04. The lowest BCUT2D eigenvalue weighted by molar-refractivity contribution is 0.330. The molecule has 8 heteroatoms. The molecule has 4 aromatic rings. The van der Waals surface area contributed by atoms with Crippen molar-refractivity contribution in [3.8, 4) is 6.07 Å². The standard InChI is InChI=1S/C22H20FN7/c23-15-4-5-16(8-15)30-21(12-29-11-20(27-28-29)14-2-3-14)26-19-10-25-18-6-1-13(9-24)7-17(18)22(19)30/h1,6-7,10-11,14-16H,2-5,8,12H2. The summed E-state index contributed by atoms with van der Waals surface area (Å²) in [5.41, 5.74) is 4.10. The van der Waals surface area contributed by atoms with E-state index in [9.17, 15) is 9.65 Å². The molecule has 2 aliphatic carbocycles. The molecule has 2 unspecified atom stereocenters. The molecule has 1 aromatic carbocycles. The smallest absolute Gasteiger partial charge is 0.132 e. The highest BCUT2D eigenvalue weighted by Crippen LogP contribution is 2.39. The second-order valence-electron chi connectivity index (χ2n) is 8.41. The SMILES string of the molecule is N#Cc1ccc2ncc3nc(Cn4cc(C5CC5)nn4)n(C4CCC(F)C4)c3c2c1. The van der Waals surface area contributed by atoms with Gasteiger partial charge in [0.15, 0.2) is 0 Å². The lowest BCUT2D eigenvalue weighted by atomic mass is 10.1. The molecule has 0 amide bonds.